The molecule has 1 unspecified atom stereocenters. The Bertz CT molecular complexity index is 646. The summed E-state index contributed by atoms with van der Waals surface area (Å²) in [5.74, 6) is 0. The summed E-state index contributed by atoms with van der Waals surface area (Å²) in [6, 6.07) is 14.7. The highest BCUT2D eigenvalue weighted by Gasteiger charge is 2.26. The molecule has 110 valence electrons. The standard InChI is InChI=1S/C16H17BrN2O2/c1-2-16(18,13-6-4-3-5-7-13)11-12-8-9-14(19(20)21)10-15(12)17/h3-10H,2,11,18H2,1H3. The van der Waals surface area contributed by atoms with E-state index in [1.165, 1.54) is 12.1 Å². The van der Waals surface area contributed by atoms with Crippen LogP contribution in [0.5, 0.6) is 0 Å². The van der Waals surface area contributed by atoms with Crippen LogP contribution >= 0.6 is 15.9 Å². The van der Waals surface area contributed by atoms with Crippen LogP contribution < -0.4 is 5.73 Å². The van der Waals surface area contributed by atoms with Crippen LogP contribution in [-0.2, 0) is 12.0 Å². The number of hydrogen-bond donors (Lipinski definition) is 1. The number of nitrogens with two attached hydrogens (primary N) is 1. The van der Waals surface area contributed by atoms with Crippen molar-refractivity contribution in [2.24, 2.45) is 5.73 Å². The maximum atomic E-state index is 10.8. The fourth-order valence-electron chi connectivity index (χ4n) is 2.33. The van der Waals surface area contributed by atoms with Crippen molar-refractivity contribution in [2.45, 2.75) is 25.3 Å². The summed E-state index contributed by atoms with van der Waals surface area (Å²) in [5, 5.41) is 10.8. The molecule has 0 aliphatic carbocycles. The molecule has 2 aromatic carbocycles. The minimum Gasteiger partial charge on any atom is -0.321 e. The van der Waals surface area contributed by atoms with Crippen molar-refractivity contribution < 1.29 is 4.92 Å². The Labute approximate surface area is 132 Å². The number of nitrogens with zero attached hydrogens (tertiary/aromatic N) is 1. The Morgan fingerprint density at radius 2 is 1.90 bits per heavy atom. The molecule has 21 heavy (non-hydrogen) atoms. The number of halogens is 1. The van der Waals surface area contributed by atoms with E-state index in [2.05, 4.69) is 15.9 Å². The summed E-state index contributed by atoms with van der Waals surface area (Å²) in [4.78, 5) is 10.4. The normalized spacial score (nSPS) is 13.7. The molecule has 0 spiro atoms. The van der Waals surface area contributed by atoms with Crippen LogP contribution in [0.3, 0.4) is 0 Å². The number of hydrogen-bond acceptors (Lipinski definition) is 3. The van der Waals surface area contributed by atoms with Crippen LogP contribution in [0.25, 0.3) is 0 Å². The van der Waals surface area contributed by atoms with Gasteiger partial charge in [-0.1, -0.05) is 59.3 Å². The predicted octanol–water partition coefficient (Wildman–Crippen LogP) is 4.16. The van der Waals surface area contributed by atoms with Crippen LogP contribution in [-0.4, -0.2) is 4.92 Å². The van der Waals surface area contributed by atoms with Crippen LogP contribution in [0.2, 0.25) is 0 Å². The van der Waals surface area contributed by atoms with Gasteiger partial charge >= 0.3 is 0 Å². The predicted molar refractivity (Wildman–Crippen MR) is 87.1 cm³/mol. The minimum absolute atomic E-state index is 0.0736. The van der Waals surface area contributed by atoms with Gasteiger partial charge in [0, 0.05) is 22.1 Å². The van der Waals surface area contributed by atoms with Crippen molar-refractivity contribution in [1.82, 2.24) is 0 Å². The SMILES string of the molecule is CCC(N)(Cc1ccc([N+](=O)[O-])cc1Br)c1ccccc1. The molecule has 2 rings (SSSR count). The van der Waals surface area contributed by atoms with Crippen LogP contribution in [0.4, 0.5) is 5.69 Å². The lowest BCUT2D eigenvalue weighted by Crippen LogP contribution is -2.38. The van der Waals surface area contributed by atoms with E-state index in [1.807, 2.05) is 37.3 Å². The fraction of sp³-hybridized carbons (Fsp3) is 0.250. The van der Waals surface area contributed by atoms with E-state index in [1.54, 1.807) is 6.07 Å². The second-order valence-corrected chi connectivity index (χ2v) is 5.94. The van der Waals surface area contributed by atoms with Crippen LogP contribution in [0.1, 0.15) is 24.5 Å². The lowest BCUT2D eigenvalue weighted by molar-refractivity contribution is -0.384. The Morgan fingerprint density at radius 3 is 2.43 bits per heavy atom. The lowest BCUT2D eigenvalue weighted by Gasteiger charge is -2.29. The van der Waals surface area contributed by atoms with E-state index >= 15 is 0 Å². The topological polar surface area (TPSA) is 69.2 Å². The zero-order chi connectivity index (χ0) is 15.5. The molecule has 0 saturated carbocycles. The Balaban J connectivity index is 2.33. The van der Waals surface area contributed by atoms with Gasteiger partial charge in [-0.15, -0.1) is 0 Å². The quantitative estimate of drug-likeness (QED) is 0.651. The third-order valence-corrected chi connectivity index (χ3v) is 4.47. The van der Waals surface area contributed by atoms with E-state index < -0.39 is 10.5 Å². The van der Waals surface area contributed by atoms with Gasteiger partial charge < -0.3 is 5.73 Å². The third-order valence-electron chi connectivity index (χ3n) is 3.73. The molecule has 0 aliphatic heterocycles. The lowest BCUT2D eigenvalue weighted by atomic mass is 9.82. The van der Waals surface area contributed by atoms with Gasteiger partial charge in [0.1, 0.15) is 0 Å². The molecule has 0 aliphatic rings. The Hall–Kier alpha value is -1.72. The second-order valence-electron chi connectivity index (χ2n) is 5.09. The highest BCUT2D eigenvalue weighted by molar-refractivity contribution is 9.10. The molecule has 4 nitrogen and oxygen atoms in total. The van der Waals surface area contributed by atoms with Crippen molar-refractivity contribution >= 4 is 21.6 Å². The van der Waals surface area contributed by atoms with Crippen molar-refractivity contribution in [3.63, 3.8) is 0 Å². The smallest absolute Gasteiger partial charge is 0.270 e. The summed E-state index contributed by atoms with van der Waals surface area (Å²) in [7, 11) is 0. The van der Waals surface area contributed by atoms with E-state index in [0.717, 1.165) is 22.0 Å². The summed E-state index contributed by atoms with van der Waals surface area (Å²) in [6.07, 6.45) is 1.40. The second kappa shape index (κ2) is 6.37. The maximum Gasteiger partial charge on any atom is 0.270 e. The molecule has 5 heteroatoms. The van der Waals surface area contributed by atoms with E-state index in [4.69, 9.17) is 5.73 Å². The molecule has 0 amide bonds. The van der Waals surface area contributed by atoms with Crippen LogP contribution in [0.15, 0.2) is 53.0 Å². The average Bonchev–Trinajstić information content (AvgIpc) is 2.50. The molecule has 0 aromatic heterocycles. The molecular formula is C16H17BrN2O2. The molecule has 2 aromatic rings. The number of benzene rings is 2. The molecule has 0 bridgehead atoms. The molecule has 0 fully saturated rings. The number of rotatable bonds is 5. The molecular weight excluding hydrogens is 332 g/mol. The van der Waals surface area contributed by atoms with E-state index in [0.29, 0.717) is 6.42 Å². The van der Waals surface area contributed by atoms with Crippen molar-refractivity contribution in [3.05, 3.63) is 74.2 Å². The number of non-ortho nitro benzene ring substituents is 1. The molecule has 0 radical (unpaired) electrons. The molecule has 2 N–H and O–H groups in total. The van der Waals surface area contributed by atoms with E-state index in [9.17, 15) is 10.1 Å². The van der Waals surface area contributed by atoms with Gasteiger partial charge in [-0.2, -0.15) is 0 Å². The molecule has 0 heterocycles. The third kappa shape index (κ3) is 3.49. The molecule has 0 saturated heterocycles. The highest BCUT2D eigenvalue weighted by atomic mass is 79.9. The largest absolute Gasteiger partial charge is 0.321 e. The van der Waals surface area contributed by atoms with Crippen molar-refractivity contribution in [2.75, 3.05) is 0 Å². The number of nitro groups is 1. The summed E-state index contributed by atoms with van der Waals surface area (Å²) in [6.45, 7) is 2.05. The van der Waals surface area contributed by atoms with Gasteiger partial charge in [0.05, 0.1) is 4.92 Å². The van der Waals surface area contributed by atoms with Gasteiger partial charge in [0.2, 0.25) is 0 Å². The zero-order valence-electron chi connectivity index (χ0n) is 11.8. The summed E-state index contributed by atoms with van der Waals surface area (Å²) >= 11 is 3.41. The highest BCUT2D eigenvalue weighted by Crippen LogP contribution is 2.31. The van der Waals surface area contributed by atoms with Gasteiger partial charge in [-0.05, 0) is 24.0 Å². The average molecular weight is 349 g/mol. The molecule has 1 atom stereocenters. The fourth-order valence-corrected chi connectivity index (χ4v) is 2.84. The van der Waals surface area contributed by atoms with Gasteiger partial charge in [0.15, 0.2) is 0 Å². The Kier molecular flexibility index (Phi) is 4.75. The monoisotopic (exact) mass is 348 g/mol. The first-order valence-electron chi connectivity index (χ1n) is 6.73. The maximum absolute atomic E-state index is 10.8. The van der Waals surface area contributed by atoms with Crippen LogP contribution in [0, 0.1) is 10.1 Å². The van der Waals surface area contributed by atoms with E-state index in [-0.39, 0.29) is 5.69 Å². The van der Waals surface area contributed by atoms with Crippen molar-refractivity contribution in [1.29, 1.82) is 0 Å². The Morgan fingerprint density at radius 1 is 1.24 bits per heavy atom. The summed E-state index contributed by atoms with van der Waals surface area (Å²) in [5.41, 5.74) is 8.18. The first-order chi connectivity index (χ1) is 9.96. The van der Waals surface area contributed by atoms with Gasteiger partial charge in [-0.25, -0.2) is 0 Å². The van der Waals surface area contributed by atoms with Gasteiger partial charge in [-0.3, -0.25) is 10.1 Å². The first-order valence-corrected chi connectivity index (χ1v) is 7.53. The van der Waals surface area contributed by atoms with Gasteiger partial charge in [0.25, 0.3) is 5.69 Å². The first kappa shape index (κ1) is 15.7. The zero-order valence-corrected chi connectivity index (χ0v) is 13.3. The number of nitro benzene ring substituents is 1. The van der Waals surface area contributed by atoms with Crippen molar-refractivity contribution in [3.8, 4) is 0 Å². The minimum atomic E-state index is -0.486. The summed E-state index contributed by atoms with van der Waals surface area (Å²) < 4.78 is 0.718.